The monoisotopic (exact) mass is 555 g/mol. The van der Waals surface area contributed by atoms with E-state index in [1.807, 2.05) is 18.2 Å². The Labute approximate surface area is 224 Å². The Hall–Kier alpha value is -3.14. The van der Waals surface area contributed by atoms with Crippen LogP contribution in [0.4, 0.5) is 5.69 Å². The summed E-state index contributed by atoms with van der Waals surface area (Å²) in [6, 6.07) is 18.5. The van der Waals surface area contributed by atoms with Crippen LogP contribution in [-0.2, 0) is 16.6 Å². The molecule has 1 saturated carbocycles. The van der Waals surface area contributed by atoms with Gasteiger partial charge in [-0.05, 0) is 54.8 Å². The van der Waals surface area contributed by atoms with Gasteiger partial charge in [0.2, 0.25) is 0 Å². The number of fused-ring (bicyclic) bond motifs is 1. The zero-order valence-corrected chi connectivity index (χ0v) is 22.3. The Balaban J connectivity index is 1.40. The standard InChI is InChI=1S/C27H26ClN3O4S2/c28-22-12-6-4-8-18(22)17-31-24-15-14-20(16-25(24)36-27(31)33)37(34,35)30-23-13-7-5-11-21(23)26(32)29-19-9-2-1-3-10-19/h4-8,11-16,19,30H,1-3,9-10,17H2,(H,29,32). The molecule has 10 heteroatoms. The largest absolute Gasteiger partial charge is 0.349 e. The number of carbonyl (C=O) groups excluding carboxylic acids is 1. The average molecular weight is 556 g/mol. The van der Waals surface area contributed by atoms with Gasteiger partial charge in [-0.15, -0.1) is 0 Å². The second kappa shape index (κ2) is 10.7. The van der Waals surface area contributed by atoms with Crippen LogP contribution < -0.4 is 14.9 Å². The van der Waals surface area contributed by atoms with Gasteiger partial charge in [0.25, 0.3) is 15.9 Å². The Morgan fingerprint density at radius 1 is 1.00 bits per heavy atom. The number of carbonyl (C=O) groups is 1. The predicted octanol–water partition coefficient (Wildman–Crippen LogP) is 5.63. The van der Waals surface area contributed by atoms with Crippen LogP contribution >= 0.6 is 22.9 Å². The van der Waals surface area contributed by atoms with Gasteiger partial charge in [-0.25, -0.2) is 8.42 Å². The van der Waals surface area contributed by atoms with Gasteiger partial charge in [-0.3, -0.25) is 18.9 Å². The molecule has 0 atom stereocenters. The van der Waals surface area contributed by atoms with E-state index in [0.717, 1.165) is 42.6 Å². The number of sulfonamides is 1. The van der Waals surface area contributed by atoms with Crippen molar-refractivity contribution in [1.29, 1.82) is 0 Å². The second-order valence-electron chi connectivity index (χ2n) is 9.13. The zero-order valence-electron chi connectivity index (χ0n) is 19.9. The summed E-state index contributed by atoms with van der Waals surface area (Å²) in [5.74, 6) is -0.296. The molecule has 192 valence electrons. The van der Waals surface area contributed by atoms with Gasteiger partial charge < -0.3 is 5.32 Å². The summed E-state index contributed by atoms with van der Waals surface area (Å²) < 4.78 is 31.3. The van der Waals surface area contributed by atoms with Crippen LogP contribution in [0, 0.1) is 0 Å². The van der Waals surface area contributed by atoms with E-state index in [4.69, 9.17) is 11.6 Å². The summed E-state index contributed by atoms with van der Waals surface area (Å²) in [5, 5.41) is 3.60. The minimum Gasteiger partial charge on any atom is -0.349 e. The van der Waals surface area contributed by atoms with Gasteiger partial charge in [0.15, 0.2) is 0 Å². The lowest BCUT2D eigenvalue weighted by molar-refractivity contribution is 0.0928. The third-order valence-corrected chi connectivity index (χ3v) is 9.27. The molecule has 7 nitrogen and oxygen atoms in total. The Kier molecular flexibility index (Phi) is 7.37. The molecule has 1 heterocycles. The molecule has 1 aliphatic rings. The first-order valence-corrected chi connectivity index (χ1v) is 14.8. The van der Waals surface area contributed by atoms with Crippen LogP contribution in [0.1, 0.15) is 48.0 Å². The lowest BCUT2D eigenvalue weighted by Crippen LogP contribution is -2.36. The fourth-order valence-corrected chi connectivity index (χ4v) is 6.95. The first kappa shape index (κ1) is 25.5. The van der Waals surface area contributed by atoms with Gasteiger partial charge in [-0.1, -0.05) is 72.5 Å². The molecule has 2 N–H and O–H groups in total. The molecule has 1 aromatic heterocycles. The van der Waals surface area contributed by atoms with Crippen molar-refractivity contribution < 1.29 is 13.2 Å². The van der Waals surface area contributed by atoms with E-state index < -0.39 is 10.0 Å². The molecule has 1 amide bonds. The lowest BCUT2D eigenvalue weighted by atomic mass is 9.95. The summed E-state index contributed by atoms with van der Waals surface area (Å²) in [6.07, 6.45) is 5.18. The van der Waals surface area contributed by atoms with Crippen molar-refractivity contribution in [3.8, 4) is 0 Å². The molecule has 0 saturated heterocycles. The van der Waals surface area contributed by atoms with Crippen LogP contribution in [0.25, 0.3) is 10.2 Å². The Bertz CT molecular complexity index is 1620. The van der Waals surface area contributed by atoms with Crippen LogP contribution in [0.15, 0.2) is 76.4 Å². The van der Waals surface area contributed by atoms with Gasteiger partial charge in [0.1, 0.15) is 0 Å². The summed E-state index contributed by atoms with van der Waals surface area (Å²) in [6.45, 7) is 0.284. The normalized spacial score (nSPS) is 14.5. The number of aromatic nitrogens is 1. The van der Waals surface area contributed by atoms with E-state index >= 15 is 0 Å². The van der Waals surface area contributed by atoms with Crippen molar-refractivity contribution in [2.24, 2.45) is 0 Å². The van der Waals surface area contributed by atoms with Gasteiger partial charge in [0.05, 0.1) is 32.9 Å². The third kappa shape index (κ3) is 5.58. The lowest BCUT2D eigenvalue weighted by Gasteiger charge is -2.23. The molecule has 1 aliphatic carbocycles. The van der Waals surface area contributed by atoms with E-state index in [1.54, 1.807) is 41.0 Å². The fraction of sp³-hybridized carbons (Fsp3) is 0.259. The number of amides is 1. The fourth-order valence-electron chi connectivity index (χ4n) is 4.64. The molecule has 0 spiro atoms. The highest BCUT2D eigenvalue weighted by Gasteiger charge is 2.22. The van der Waals surface area contributed by atoms with E-state index in [2.05, 4.69) is 10.0 Å². The SMILES string of the molecule is O=C(NC1CCCCC1)c1ccccc1NS(=O)(=O)c1ccc2c(c1)sc(=O)n2Cc1ccccc1Cl. The maximum absolute atomic E-state index is 13.3. The van der Waals surface area contributed by atoms with Crippen molar-refractivity contribution in [1.82, 2.24) is 9.88 Å². The molecule has 4 aromatic rings. The number of anilines is 1. The van der Waals surface area contributed by atoms with Gasteiger partial charge in [-0.2, -0.15) is 0 Å². The smallest absolute Gasteiger partial charge is 0.308 e. The molecule has 0 radical (unpaired) electrons. The molecule has 37 heavy (non-hydrogen) atoms. The van der Waals surface area contributed by atoms with E-state index in [-0.39, 0.29) is 39.5 Å². The maximum Gasteiger partial charge on any atom is 0.308 e. The maximum atomic E-state index is 13.3. The molecular weight excluding hydrogens is 530 g/mol. The minimum absolute atomic E-state index is 0.00800. The van der Waals surface area contributed by atoms with E-state index in [1.165, 1.54) is 18.6 Å². The molecular formula is C27H26ClN3O4S2. The topological polar surface area (TPSA) is 97.3 Å². The zero-order chi connectivity index (χ0) is 26.0. The first-order valence-electron chi connectivity index (χ1n) is 12.1. The average Bonchev–Trinajstić information content (AvgIpc) is 3.20. The molecule has 0 aliphatic heterocycles. The number of para-hydroxylation sites is 1. The number of benzene rings is 3. The quantitative estimate of drug-likeness (QED) is 0.309. The summed E-state index contributed by atoms with van der Waals surface area (Å²) in [7, 11) is -4.02. The third-order valence-electron chi connectivity index (χ3n) is 6.59. The van der Waals surface area contributed by atoms with Crippen molar-refractivity contribution in [3.63, 3.8) is 0 Å². The minimum atomic E-state index is -4.02. The summed E-state index contributed by atoms with van der Waals surface area (Å²) in [4.78, 5) is 25.5. The number of halogens is 1. The van der Waals surface area contributed by atoms with Crippen LogP contribution in [0.3, 0.4) is 0 Å². The molecule has 0 bridgehead atoms. The first-order chi connectivity index (χ1) is 17.8. The predicted molar refractivity (Wildman–Crippen MR) is 148 cm³/mol. The summed E-state index contributed by atoms with van der Waals surface area (Å²) in [5.41, 5.74) is 1.90. The van der Waals surface area contributed by atoms with Crippen molar-refractivity contribution >= 4 is 54.8 Å². The van der Waals surface area contributed by atoms with Gasteiger partial charge in [0, 0.05) is 11.1 Å². The highest BCUT2D eigenvalue weighted by atomic mass is 35.5. The number of thiazole rings is 1. The van der Waals surface area contributed by atoms with Crippen molar-refractivity contribution in [2.75, 3.05) is 4.72 Å². The highest BCUT2D eigenvalue weighted by Crippen LogP contribution is 2.27. The van der Waals surface area contributed by atoms with E-state index in [9.17, 15) is 18.0 Å². The van der Waals surface area contributed by atoms with E-state index in [0.29, 0.717) is 15.2 Å². The molecule has 5 rings (SSSR count). The van der Waals surface area contributed by atoms with Crippen LogP contribution in [0.2, 0.25) is 5.02 Å². The number of nitrogens with one attached hydrogen (secondary N) is 2. The molecule has 1 fully saturated rings. The van der Waals surface area contributed by atoms with Crippen LogP contribution in [-0.4, -0.2) is 24.9 Å². The number of rotatable bonds is 7. The van der Waals surface area contributed by atoms with Gasteiger partial charge >= 0.3 is 4.87 Å². The molecule has 3 aromatic carbocycles. The van der Waals surface area contributed by atoms with Crippen molar-refractivity contribution in [3.05, 3.63) is 92.5 Å². The highest BCUT2D eigenvalue weighted by molar-refractivity contribution is 7.92. The Morgan fingerprint density at radius 2 is 1.73 bits per heavy atom. The second-order valence-corrected chi connectivity index (χ2v) is 12.2. The molecule has 0 unspecified atom stereocenters. The number of hydrogen-bond donors (Lipinski definition) is 2. The summed E-state index contributed by atoms with van der Waals surface area (Å²) >= 11 is 7.24. The van der Waals surface area contributed by atoms with Crippen molar-refractivity contribution in [2.45, 2.75) is 49.6 Å². The number of hydrogen-bond acceptors (Lipinski definition) is 5. The Morgan fingerprint density at radius 3 is 2.51 bits per heavy atom. The van der Waals surface area contributed by atoms with Crippen LogP contribution in [0.5, 0.6) is 0 Å². The number of nitrogens with zero attached hydrogens (tertiary/aromatic N) is 1.